The zero-order chi connectivity index (χ0) is 17.8. The summed E-state index contributed by atoms with van der Waals surface area (Å²) < 4.78 is 5.24. The van der Waals surface area contributed by atoms with Crippen LogP contribution in [0.5, 0.6) is 0 Å². The van der Waals surface area contributed by atoms with Gasteiger partial charge in [0, 0.05) is 58.9 Å². The Kier molecular flexibility index (Phi) is 10.2. The van der Waals surface area contributed by atoms with E-state index in [2.05, 4.69) is 32.8 Å². The largest absolute Gasteiger partial charge is 0.444 e. The quantitative estimate of drug-likeness (QED) is 0.639. The predicted molar refractivity (Wildman–Crippen MR) is 98.5 cm³/mol. The molecule has 7 heteroatoms. The van der Waals surface area contributed by atoms with Crippen molar-refractivity contribution < 1.29 is 9.53 Å². The highest BCUT2D eigenvalue weighted by molar-refractivity contribution is 5.67. The van der Waals surface area contributed by atoms with Gasteiger partial charge in [0.05, 0.1) is 0 Å². The van der Waals surface area contributed by atoms with Crippen LogP contribution in [0.15, 0.2) is 0 Å². The summed E-state index contributed by atoms with van der Waals surface area (Å²) in [4.78, 5) is 16.4. The first-order valence-corrected chi connectivity index (χ1v) is 9.16. The Bertz CT molecular complexity index is 332. The number of ether oxygens (including phenoxy) is 1. The maximum Gasteiger partial charge on any atom is 0.407 e. The molecule has 1 amide bonds. The van der Waals surface area contributed by atoms with Gasteiger partial charge in [-0.3, -0.25) is 0 Å². The minimum atomic E-state index is -0.438. The Balaban J connectivity index is 2.20. The monoisotopic (exact) mass is 343 g/mol. The maximum atomic E-state index is 11.6. The minimum Gasteiger partial charge on any atom is -0.444 e. The van der Waals surface area contributed by atoms with Gasteiger partial charge in [0.25, 0.3) is 0 Å². The molecule has 1 fully saturated rings. The number of likely N-dealkylation sites (N-methyl/N-ethyl adjacent to an activating group) is 1. The topological polar surface area (TPSA) is 68.9 Å². The van der Waals surface area contributed by atoms with E-state index < -0.39 is 5.60 Å². The van der Waals surface area contributed by atoms with Crippen molar-refractivity contribution >= 4 is 6.09 Å². The molecule has 0 radical (unpaired) electrons. The van der Waals surface area contributed by atoms with Gasteiger partial charge < -0.3 is 30.5 Å². The number of hydrogen-bond donors (Lipinski definition) is 3. The van der Waals surface area contributed by atoms with Crippen LogP contribution in [-0.4, -0.2) is 94.0 Å². The smallest absolute Gasteiger partial charge is 0.407 e. The number of carbonyl (C=O) groups excluding carboxylic acids is 1. The lowest BCUT2D eigenvalue weighted by molar-refractivity contribution is 0.0525. The molecule has 1 aliphatic rings. The van der Waals surface area contributed by atoms with Crippen molar-refractivity contribution in [2.75, 3.05) is 72.5 Å². The lowest BCUT2D eigenvalue weighted by Crippen LogP contribution is -2.43. The second kappa shape index (κ2) is 11.6. The van der Waals surface area contributed by atoms with Crippen molar-refractivity contribution in [1.29, 1.82) is 0 Å². The number of amides is 1. The number of alkyl carbamates (subject to hydrolysis) is 1. The van der Waals surface area contributed by atoms with Gasteiger partial charge in [-0.25, -0.2) is 4.79 Å². The molecule has 3 N–H and O–H groups in total. The Morgan fingerprint density at radius 2 is 1.58 bits per heavy atom. The van der Waals surface area contributed by atoms with Crippen LogP contribution in [-0.2, 0) is 4.74 Å². The summed E-state index contributed by atoms with van der Waals surface area (Å²) in [5.41, 5.74) is -0.438. The van der Waals surface area contributed by atoms with E-state index in [1.807, 2.05) is 20.8 Å². The molecule has 0 aromatic rings. The van der Waals surface area contributed by atoms with Crippen LogP contribution in [0.25, 0.3) is 0 Å². The maximum absolute atomic E-state index is 11.6. The van der Waals surface area contributed by atoms with Gasteiger partial charge in [0.2, 0.25) is 0 Å². The molecule has 1 saturated heterocycles. The highest BCUT2D eigenvalue weighted by atomic mass is 16.6. The van der Waals surface area contributed by atoms with Gasteiger partial charge in [-0.15, -0.1) is 0 Å². The second-order valence-corrected chi connectivity index (χ2v) is 7.43. The number of nitrogens with zero attached hydrogens (tertiary/aromatic N) is 2. The fraction of sp³-hybridized carbons (Fsp3) is 0.941. The molecule has 24 heavy (non-hydrogen) atoms. The average Bonchev–Trinajstić information content (AvgIpc) is 2.46. The summed E-state index contributed by atoms with van der Waals surface area (Å²) in [6, 6.07) is 0. The van der Waals surface area contributed by atoms with Gasteiger partial charge >= 0.3 is 6.09 Å². The molecular formula is C17H37N5O2. The fourth-order valence-corrected chi connectivity index (χ4v) is 2.52. The molecule has 0 aromatic heterocycles. The average molecular weight is 344 g/mol. The summed E-state index contributed by atoms with van der Waals surface area (Å²) in [6.07, 6.45) is 0.603. The lowest BCUT2D eigenvalue weighted by Gasteiger charge is -2.25. The molecule has 0 atom stereocenters. The van der Waals surface area contributed by atoms with Crippen molar-refractivity contribution in [2.24, 2.45) is 0 Å². The number of carbonyl (C=O) groups is 1. The lowest BCUT2D eigenvalue weighted by atomic mass is 10.2. The van der Waals surface area contributed by atoms with Crippen LogP contribution in [0.2, 0.25) is 0 Å². The van der Waals surface area contributed by atoms with Gasteiger partial charge in [0.15, 0.2) is 0 Å². The molecule has 0 bridgehead atoms. The molecule has 1 heterocycles. The molecule has 1 rings (SSSR count). The third-order valence-corrected chi connectivity index (χ3v) is 3.87. The van der Waals surface area contributed by atoms with Crippen LogP contribution in [0.3, 0.4) is 0 Å². The van der Waals surface area contributed by atoms with E-state index >= 15 is 0 Å². The third-order valence-electron chi connectivity index (χ3n) is 3.87. The van der Waals surface area contributed by atoms with E-state index in [1.165, 1.54) is 0 Å². The Morgan fingerprint density at radius 1 is 1.04 bits per heavy atom. The highest BCUT2D eigenvalue weighted by Crippen LogP contribution is 2.06. The van der Waals surface area contributed by atoms with Crippen molar-refractivity contribution in [2.45, 2.75) is 32.8 Å². The molecule has 0 spiro atoms. The number of hydrogen-bond acceptors (Lipinski definition) is 6. The van der Waals surface area contributed by atoms with Gasteiger partial charge in [-0.2, -0.15) is 0 Å². The van der Waals surface area contributed by atoms with Crippen LogP contribution >= 0.6 is 0 Å². The number of rotatable bonds is 4. The molecule has 0 saturated carbocycles. The van der Waals surface area contributed by atoms with Crippen molar-refractivity contribution in [3.05, 3.63) is 0 Å². The standard InChI is InChI=1S/C17H37N5O2/c1-17(2,3)24-16(23)20-6-5-11-22-14-9-18-7-12-21(4)13-8-19-10-15-22/h18-19H,5-15H2,1-4H3,(H,20,23). The fourth-order valence-electron chi connectivity index (χ4n) is 2.52. The predicted octanol–water partition coefficient (Wildman–Crippen LogP) is 0.328. The SMILES string of the molecule is CN1CCNCCN(CCCNC(=O)OC(C)(C)C)CCNCC1. The van der Waals surface area contributed by atoms with Crippen molar-refractivity contribution in [1.82, 2.24) is 25.8 Å². The van der Waals surface area contributed by atoms with Crippen LogP contribution in [0, 0.1) is 0 Å². The molecule has 0 aliphatic carbocycles. The van der Waals surface area contributed by atoms with E-state index in [-0.39, 0.29) is 6.09 Å². The van der Waals surface area contributed by atoms with E-state index in [9.17, 15) is 4.79 Å². The van der Waals surface area contributed by atoms with Gasteiger partial charge in [-0.05, 0) is 40.8 Å². The Labute approximate surface area is 147 Å². The molecule has 142 valence electrons. The molecule has 1 aliphatic heterocycles. The zero-order valence-electron chi connectivity index (χ0n) is 16.0. The minimum absolute atomic E-state index is 0.330. The van der Waals surface area contributed by atoms with Crippen molar-refractivity contribution in [3.63, 3.8) is 0 Å². The summed E-state index contributed by atoms with van der Waals surface area (Å²) in [5, 5.41) is 9.84. The van der Waals surface area contributed by atoms with Gasteiger partial charge in [0.1, 0.15) is 5.60 Å². The van der Waals surface area contributed by atoms with Gasteiger partial charge in [-0.1, -0.05) is 0 Å². The van der Waals surface area contributed by atoms with E-state index in [4.69, 9.17) is 4.74 Å². The second-order valence-electron chi connectivity index (χ2n) is 7.43. The molecule has 0 unspecified atom stereocenters. The first-order chi connectivity index (χ1) is 11.4. The van der Waals surface area contributed by atoms with Crippen LogP contribution < -0.4 is 16.0 Å². The third kappa shape index (κ3) is 11.6. The summed E-state index contributed by atoms with van der Waals surface area (Å²) in [7, 11) is 2.17. The summed E-state index contributed by atoms with van der Waals surface area (Å²) in [6.45, 7) is 15.6. The Hall–Kier alpha value is -0.890. The summed E-state index contributed by atoms with van der Waals surface area (Å²) in [5.74, 6) is 0. The van der Waals surface area contributed by atoms with E-state index in [0.717, 1.165) is 65.3 Å². The van der Waals surface area contributed by atoms with E-state index in [0.29, 0.717) is 6.54 Å². The molecule has 7 nitrogen and oxygen atoms in total. The van der Waals surface area contributed by atoms with Crippen molar-refractivity contribution in [3.8, 4) is 0 Å². The number of nitrogens with one attached hydrogen (secondary N) is 3. The highest BCUT2D eigenvalue weighted by Gasteiger charge is 2.15. The normalized spacial score (nSPS) is 20.0. The van der Waals surface area contributed by atoms with Crippen LogP contribution in [0.1, 0.15) is 27.2 Å². The zero-order valence-corrected chi connectivity index (χ0v) is 16.0. The first-order valence-electron chi connectivity index (χ1n) is 9.16. The van der Waals surface area contributed by atoms with Crippen LogP contribution in [0.4, 0.5) is 4.79 Å². The summed E-state index contributed by atoms with van der Waals surface area (Å²) >= 11 is 0. The molecular weight excluding hydrogens is 306 g/mol. The first kappa shape index (κ1) is 21.2. The molecule has 0 aromatic carbocycles. The Morgan fingerprint density at radius 3 is 2.12 bits per heavy atom. The van der Waals surface area contributed by atoms with E-state index in [1.54, 1.807) is 0 Å².